The van der Waals surface area contributed by atoms with Crippen LogP contribution in [0.25, 0.3) is 0 Å². The number of likely N-dealkylation sites (tertiary alicyclic amines) is 1. The summed E-state index contributed by atoms with van der Waals surface area (Å²) in [4.78, 5) is 14.1. The molecule has 4 nitrogen and oxygen atoms in total. The molecule has 0 aromatic heterocycles. The zero-order chi connectivity index (χ0) is 13.9. The Morgan fingerprint density at radius 1 is 1.40 bits per heavy atom. The maximum atomic E-state index is 11.9. The first-order valence-electron chi connectivity index (χ1n) is 7.34. The molecule has 2 aliphatic rings. The lowest BCUT2D eigenvalue weighted by molar-refractivity contribution is -0.148. The standard InChI is InChI=1S/C16H21NO3/c1-19-16(18)14-7-4-5-9-17(14)11-13-10-12-6-2-3-8-15(12)20-13/h2-3,6,8,13-14H,4-5,7,9-11H2,1H3. The minimum Gasteiger partial charge on any atom is -0.488 e. The van der Waals surface area contributed by atoms with Gasteiger partial charge in [-0.3, -0.25) is 9.69 Å². The average Bonchev–Trinajstić information content (AvgIpc) is 2.89. The highest BCUT2D eigenvalue weighted by molar-refractivity contribution is 5.75. The van der Waals surface area contributed by atoms with E-state index in [-0.39, 0.29) is 18.1 Å². The van der Waals surface area contributed by atoms with Crippen LogP contribution >= 0.6 is 0 Å². The van der Waals surface area contributed by atoms with Crippen LogP contribution in [-0.4, -0.2) is 43.2 Å². The van der Waals surface area contributed by atoms with Gasteiger partial charge in [0, 0.05) is 13.0 Å². The van der Waals surface area contributed by atoms with Crippen LogP contribution < -0.4 is 4.74 Å². The number of rotatable bonds is 3. The van der Waals surface area contributed by atoms with Gasteiger partial charge in [-0.25, -0.2) is 0 Å². The smallest absolute Gasteiger partial charge is 0.323 e. The summed E-state index contributed by atoms with van der Waals surface area (Å²) in [5.41, 5.74) is 1.27. The third-order valence-corrected chi connectivity index (χ3v) is 4.24. The number of benzene rings is 1. The molecular formula is C16H21NO3. The van der Waals surface area contributed by atoms with Gasteiger partial charge in [0.15, 0.2) is 0 Å². The van der Waals surface area contributed by atoms with Crippen molar-refractivity contribution in [3.63, 3.8) is 0 Å². The van der Waals surface area contributed by atoms with E-state index >= 15 is 0 Å². The number of esters is 1. The minimum atomic E-state index is -0.111. The Hall–Kier alpha value is -1.55. The van der Waals surface area contributed by atoms with Crippen LogP contribution in [0.3, 0.4) is 0 Å². The molecule has 0 amide bonds. The molecule has 4 heteroatoms. The lowest BCUT2D eigenvalue weighted by atomic mass is 10.0. The van der Waals surface area contributed by atoms with E-state index < -0.39 is 0 Å². The van der Waals surface area contributed by atoms with Crippen molar-refractivity contribution in [2.45, 2.75) is 37.8 Å². The van der Waals surface area contributed by atoms with E-state index in [1.54, 1.807) is 0 Å². The first-order valence-corrected chi connectivity index (χ1v) is 7.34. The van der Waals surface area contributed by atoms with E-state index in [9.17, 15) is 4.79 Å². The number of hydrogen-bond acceptors (Lipinski definition) is 4. The van der Waals surface area contributed by atoms with Crippen molar-refractivity contribution in [3.8, 4) is 5.75 Å². The predicted octanol–water partition coefficient (Wildman–Crippen LogP) is 2.02. The lowest BCUT2D eigenvalue weighted by Crippen LogP contribution is -2.49. The Kier molecular flexibility index (Phi) is 3.92. The Labute approximate surface area is 119 Å². The Balaban J connectivity index is 1.64. The fraction of sp³-hybridized carbons (Fsp3) is 0.562. The molecule has 1 aromatic carbocycles. The van der Waals surface area contributed by atoms with Gasteiger partial charge in [0.05, 0.1) is 7.11 Å². The summed E-state index contributed by atoms with van der Waals surface area (Å²) in [6.07, 6.45) is 4.22. The molecule has 0 N–H and O–H groups in total. The van der Waals surface area contributed by atoms with Crippen molar-refractivity contribution in [2.75, 3.05) is 20.2 Å². The summed E-state index contributed by atoms with van der Waals surface area (Å²) < 4.78 is 10.9. The van der Waals surface area contributed by atoms with Crippen molar-refractivity contribution < 1.29 is 14.3 Å². The molecule has 0 bridgehead atoms. The van der Waals surface area contributed by atoms with Crippen molar-refractivity contribution >= 4 is 5.97 Å². The van der Waals surface area contributed by atoms with Crippen molar-refractivity contribution in [1.82, 2.24) is 4.90 Å². The summed E-state index contributed by atoms with van der Waals surface area (Å²) in [5.74, 6) is 0.879. The quantitative estimate of drug-likeness (QED) is 0.791. The van der Waals surface area contributed by atoms with Gasteiger partial charge in [0.25, 0.3) is 0 Å². The molecule has 1 fully saturated rings. The van der Waals surface area contributed by atoms with Crippen LogP contribution in [0.15, 0.2) is 24.3 Å². The predicted molar refractivity (Wildman–Crippen MR) is 75.8 cm³/mol. The van der Waals surface area contributed by atoms with Crippen LogP contribution in [0.4, 0.5) is 0 Å². The lowest BCUT2D eigenvalue weighted by Gasteiger charge is -2.34. The van der Waals surface area contributed by atoms with Crippen molar-refractivity contribution in [2.24, 2.45) is 0 Å². The number of carbonyl (C=O) groups is 1. The Morgan fingerprint density at radius 3 is 3.05 bits per heavy atom. The molecular weight excluding hydrogens is 254 g/mol. The van der Waals surface area contributed by atoms with Crippen LogP contribution in [-0.2, 0) is 16.0 Å². The second-order valence-corrected chi connectivity index (χ2v) is 5.58. The SMILES string of the molecule is COC(=O)C1CCCCN1CC1Cc2ccccc2O1. The van der Waals surface area contributed by atoms with Crippen molar-refractivity contribution in [1.29, 1.82) is 0 Å². The molecule has 1 saturated heterocycles. The molecule has 2 aliphatic heterocycles. The Morgan fingerprint density at radius 2 is 2.25 bits per heavy atom. The molecule has 0 saturated carbocycles. The van der Waals surface area contributed by atoms with Gasteiger partial charge in [-0.05, 0) is 31.0 Å². The van der Waals surface area contributed by atoms with E-state index in [2.05, 4.69) is 11.0 Å². The summed E-state index contributed by atoms with van der Waals surface area (Å²) in [6, 6.07) is 8.08. The molecule has 1 aromatic rings. The highest BCUT2D eigenvalue weighted by Crippen LogP contribution is 2.29. The maximum Gasteiger partial charge on any atom is 0.323 e. The molecule has 20 heavy (non-hydrogen) atoms. The second kappa shape index (κ2) is 5.83. The van der Waals surface area contributed by atoms with Gasteiger partial charge in [-0.2, -0.15) is 0 Å². The molecule has 2 heterocycles. The van der Waals surface area contributed by atoms with Gasteiger partial charge in [0.2, 0.25) is 0 Å². The van der Waals surface area contributed by atoms with E-state index in [1.165, 1.54) is 12.7 Å². The molecule has 3 rings (SSSR count). The number of fused-ring (bicyclic) bond motifs is 1. The molecule has 0 spiro atoms. The number of ether oxygens (including phenoxy) is 2. The first kappa shape index (κ1) is 13.4. The zero-order valence-corrected chi connectivity index (χ0v) is 11.9. The number of hydrogen-bond donors (Lipinski definition) is 0. The van der Waals surface area contributed by atoms with E-state index in [4.69, 9.17) is 9.47 Å². The summed E-state index contributed by atoms with van der Waals surface area (Å²) >= 11 is 0. The number of piperidine rings is 1. The highest BCUT2D eigenvalue weighted by Gasteiger charge is 2.33. The molecule has 2 atom stereocenters. The molecule has 2 unspecified atom stereocenters. The highest BCUT2D eigenvalue weighted by atomic mass is 16.5. The fourth-order valence-electron chi connectivity index (χ4n) is 3.23. The Bertz CT molecular complexity index is 463. The molecule has 0 radical (unpaired) electrons. The summed E-state index contributed by atoms with van der Waals surface area (Å²) in [5, 5.41) is 0. The summed E-state index contributed by atoms with van der Waals surface area (Å²) in [6.45, 7) is 1.75. The van der Waals surface area contributed by atoms with E-state index in [0.29, 0.717) is 0 Å². The molecule has 0 aliphatic carbocycles. The van der Waals surface area contributed by atoms with Gasteiger partial charge in [-0.1, -0.05) is 24.6 Å². The van der Waals surface area contributed by atoms with Crippen LogP contribution in [0.1, 0.15) is 24.8 Å². The van der Waals surface area contributed by atoms with Crippen LogP contribution in [0, 0.1) is 0 Å². The fourth-order valence-corrected chi connectivity index (χ4v) is 3.23. The van der Waals surface area contributed by atoms with Crippen molar-refractivity contribution in [3.05, 3.63) is 29.8 Å². The average molecular weight is 275 g/mol. The maximum absolute atomic E-state index is 11.9. The van der Waals surface area contributed by atoms with Gasteiger partial charge in [-0.15, -0.1) is 0 Å². The largest absolute Gasteiger partial charge is 0.488 e. The van der Waals surface area contributed by atoms with E-state index in [0.717, 1.165) is 44.5 Å². The number of methoxy groups -OCH3 is 1. The number of para-hydroxylation sites is 1. The number of carbonyl (C=O) groups excluding carboxylic acids is 1. The molecule has 108 valence electrons. The first-order chi connectivity index (χ1) is 9.78. The van der Waals surface area contributed by atoms with Crippen LogP contribution in [0.2, 0.25) is 0 Å². The van der Waals surface area contributed by atoms with Gasteiger partial charge in [0.1, 0.15) is 17.9 Å². The zero-order valence-electron chi connectivity index (χ0n) is 11.9. The minimum absolute atomic E-state index is 0.0962. The third-order valence-electron chi connectivity index (χ3n) is 4.24. The monoisotopic (exact) mass is 275 g/mol. The normalized spacial score (nSPS) is 25.9. The van der Waals surface area contributed by atoms with E-state index in [1.807, 2.05) is 18.2 Å². The second-order valence-electron chi connectivity index (χ2n) is 5.58. The van der Waals surface area contributed by atoms with Gasteiger partial charge < -0.3 is 9.47 Å². The number of nitrogens with zero attached hydrogens (tertiary/aromatic N) is 1. The third kappa shape index (κ3) is 2.66. The topological polar surface area (TPSA) is 38.8 Å². The van der Waals surface area contributed by atoms with Crippen LogP contribution in [0.5, 0.6) is 5.75 Å². The summed E-state index contributed by atoms with van der Waals surface area (Å²) in [7, 11) is 1.47. The van der Waals surface area contributed by atoms with Gasteiger partial charge >= 0.3 is 5.97 Å².